The third-order valence-electron chi connectivity index (χ3n) is 3.44. The first-order valence-corrected chi connectivity index (χ1v) is 7.37. The van der Waals surface area contributed by atoms with E-state index in [0.717, 1.165) is 0 Å². The predicted octanol–water partition coefficient (Wildman–Crippen LogP) is 2.75. The van der Waals surface area contributed by atoms with Gasteiger partial charge < -0.3 is 14.8 Å². The second-order valence-electron chi connectivity index (χ2n) is 5.24. The molecule has 0 fully saturated rings. The fourth-order valence-electron chi connectivity index (χ4n) is 2.03. The molecule has 0 unspecified atom stereocenters. The summed E-state index contributed by atoms with van der Waals surface area (Å²) in [6.07, 6.45) is 0. The van der Waals surface area contributed by atoms with E-state index in [0.29, 0.717) is 11.1 Å². The van der Waals surface area contributed by atoms with Crippen molar-refractivity contribution in [3.8, 4) is 11.5 Å². The van der Waals surface area contributed by atoms with Crippen LogP contribution in [0.4, 0.5) is 10.1 Å². The number of benzene rings is 2. The van der Waals surface area contributed by atoms with E-state index in [9.17, 15) is 19.3 Å². The molecule has 1 N–H and O–H groups in total. The van der Waals surface area contributed by atoms with Crippen molar-refractivity contribution in [2.24, 2.45) is 0 Å². The SMILES string of the molecule is COc1ccc([N+](=O)[O-])cc1OCC(=O)NCc1ccc(C)c(F)c1. The molecule has 0 heterocycles. The number of nitro benzene ring substituents is 1. The molecule has 0 aliphatic carbocycles. The average molecular weight is 348 g/mol. The van der Waals surface area contributed by atoms with E-state index in [-0.39, 0.29) is 36.2 Å². The summed E-state index contributed by atoms with van der Waals surface area (Å²) in [5.41, 5.74) is 0.965. The lowest BCUT2D eigenvalue weighted by atomic mass is 10.1. The van der Waals surface area contributed by atoms with Crippen LogP contribution < -0.4 is 14.8 Å². The van der Waals surface area contributed by atoms with Crippen LogP contribution in [0, 0.1) is 22.9 Å². The highest BCUT2D eigenvalue weighted by Crippen LogP contribution is 2.30. The lowest BCUT2D eigenvalue weighted by Gasteiger charge is -2.11. The number of nitrogens with zero attached hydrogens (tertiary/aromatic N) is 1. The van der Waals surface area contributed by atoms with Gasteiger partial charge in [-0.25, -0.2) is 4.39 Å². The maximum atomic E-state index is 13.5. The van der Waals surface area contributed by atoms with Crippen molar-refractivity contribution in [1.29, 1.82) is 0 Å². The molecular formula is C17H17FN2O5. The summed E-state index contributed by atoms with van der Waals surface area (Å²) in [7, 11) is 1.39. The summed E-state index contributed by atoms with van der Waals surface area (Å²) in [5.74, 6) is -0.425. The molecule has 0 atom stereocenters. The van der Waals surface area contributed by atoms with Crippen LogP contribution in [0.5, 0.6) is 11.5 Å². The Hall–Kier alpha value is -3.16. The lowest BCUT2D eigenvalue weighted by molar-refractivity contribution is -0.385. The zero-order chi connectivity index (χ0) is 18.4. The number of nitro groups is 1. The van der Waals surface area contributed by atoms with Crippen LogP contribution in [0.3, 0.4) is 0 Å². The lowest BCUT2D eigenvalue weighted by Crippen LogP contribution is -2.28. The van der Waals surface area contributed by atoms with Gasteiger partial charge in [0.25, 0.3) is 11.6 Å². The number of rotatable bonds is 7. The Balaban J connectivity index is 1.94. The number of hydrogen-bond acceptors (Lipinski definition) is 5. The highest BCUT2D eigenvalue weighted by molar-refractivity contribution is 5.77. The van der Waals surface area contributed by atoms with Crippen molar-refractivity contribution < 1.29 is 23.6 Å². The summed E-state index contributed by atoms with van der Waals surface area (Å²) >= 11 is 0. The van der Waals surface area contributed by atoms with E-state index in [1.165, 1.54) is 31.4 Å². The summed E-state index contributed by atoms with van der Waals surface area (Å²) < 4.78 is 23.8. The summed E-state index contributed by atoms with van der Waals surface area (Å²) in [6.45, 7) is 1.44. The van der Waals surface area contributed by atoms with Crippen molar-refractivity contribution in [3.63, 3.8) is 0 Å². The summed E-state index contributed by atoms with van der Waals surface area (Å²) in [5, 5.41) is 13.4. The Morgan fingerprint density at radius 2 is 2.00 bits per heavy atom. The molecule has 2 aromatic rings. The Morgan fingerprint density at radius 1 is 1.24 bits per heavy atom. The van der Waals surface area contributed by atoms with Crippen LogP contribution in [0.1, 0.15) is 11.1 Å². The topological polar surface area (TPSA) is 90.7 Å². The largest absolute Gasteiger partial charge is 0.493 e. The third-order valence-corrected chi connectivity index (χ3v) is 3.44. The van der Waals surface area contributed by atoms with Crippen molar-refractivity contribution >= 4 is 11.6 Å². The second kappa shape index (κ2) is 8.09. The van der Waals surface area contributed by atoms with Gasteiger partial charge in [-0.2, -0.15) is 0 Å². The molecule has 0 saturated carbocycles. The number of carbonyl (C=O) groups excluding carboxylic acids is 1. The molecule has 0 radical (unpaired) electrons. The quantitative estimate of drug-likeness (QED) is 0.614. The Morgan fingerprint density at radius 3 is 2.64 bits per heavy atom. The summed E-state index contributed by atoms with van der Waals surface area (Å²) in [4.78, 5) is 22.1. The van der Waals surface area contributed by atoms with E-state index >= 15 is 0 Å². The Bertz CT molecular complexity index is 795. The normalized spacial score (nSPS) is 10.2. The van der Waals surface area contributed by atoms with Gasteiger partial charge in [0.1, 0.15) is 5.82 Å². The van der Waals surface area contributed by atoms with Crippen molar-refractivity contribution in [2.45, 2.75) is 13.5 Å². The second-order valence-corrected chi connectivity index (χ2v) is 5.24. The maximum absolute atomic E-state index is 13.5. The first-order valence-electron chi connectivity index (χ1n) is 7.37. The van der Waals surface area contributed by atoms with Gasteiger partial charge in [-0.05, 0) is 30.2 Å². The molecule has 0 aliphatic heterocycles. The van der Waals surface area contributed by atoms with Crippen molar-refractivity contribution in [3.05, 3.63) is 63.5 Å². The fourth-order valence-corrected chi connectivity index (χ4v) is 2.03. The minimum absolute atomic E-state index is 0.0910. The van der Waals surface area contributed by atoms with Crippen LogP contribution in [-0.2, 0) is 11.3 Å². The Kier molecular flexibility index (Phi) is 5.89. The van der Waals surface area contributed by atoms with Crippen LogP contribution in [0.2, 0.25) is 0 Å². The van der Waals surface area contributed by atoms with Gasteiger partial charge >= 0.3 is 0 Å². The first-order chi connectivity index (χ1) is 11.9. The molecule has 0 aromatic heterocycles. The van der Waals surface area contributed by atoms with Crippen LogP contribution in [0.25, 0.3) is 0 Å². The molecule has 2 aromatic carbocycles. The van der Waals surface area contributed by atoms with Crippen LogP contribution in [-0.4, -0.2) is 24.5 Å². The molecule has 8 heteroatoms. The molecule has 0 aliphatic rings. The number of nitrogens with one attached hydrogen (secondary N) is 1. The number of hydrogen-bond donors (Lipinski definition) is 1. The highest BCUT2D eigenvalue weighted by atomic mass is 19.1. The molecule has 0 bridgehead atoms. The fraction of sp³-hybridized carbons (Fsp3) is 0.235. The number of halogens is 1. The van der Waals surface area contributed by atoms with E-state index in [4.69, 9.17) is 9.47 Å². The van der Waals surface area contributed by atoms with Crippen molar-refractivity contribution in [2.75, 3.05) is 13.7 Å². The molecular weight excluding hydrogens is 331 g/mol. The minimum atomic E-state index is -0.571. The van der Waals surface area contributed by atoms with Crippen molar-refractivity contribution in [1.82, 2.24) is 5.32 Å². The van der Waals surface area contributed by atoms with Crippen LogP contribution >= 0.6 is 0 Å². The van der Waals surface area contributed by atoms with Gasteiger partial charge in [-0.1, -0.05) is 12.1 Å². The molecule has 132 valence electrons. The predicted molar refractivity (Wildman–Crippen MR) is 88.1 cm³/mol. The highest BCUT2D eigenvalue weighted by Gasteiger charge is 2.14. The number of amides is 1. The molecule has 0 saturated heterocycles. The van der Waals surface area contributed by atoms with E-state index in [1.54, 1.807) is 19.1 Å². The molecule has 7 nitrogen and oxygen atoms in total. The zero-order valence-electron chi connectivity index (χ0n) is 13.7. The monoisotopic (exact) mass is 348 g/mol. The average Bonchev–Trinajstić information content (AvgIpc) is 2.60. The smallest absolute Gasteiger partial charge is 0.273 e. The zero-order valence-corrected chi connectivity index (χ0v) is 13.7. The maximum Gasteiger partial charge on any atom is 0.273 e. The van der Waals surface area contributed by atoms with Gasteiger partial charge in [-0.3, -0.25) is 14.9 Å². The number of ether oxygens (including phenoxy) is 2. The van der Waals surface area contributed by atoms with Crippen LogP contribution in [0.15, 0.2) is 36.4 Å². The molecule has 25 heavy (non-hydrogen) atoms. The molecule has 2 rings (SSSR count). The number of aryl methyl sites for hydroxylation is 1. The van der Waals surface area contributed by atoms with E-state index in [2.05, 4.69) is 5.32 Å². The van der Waals surface area contributed by atoms with Gasteiger partial charge in [0.05, 0.1) is 18.1 Å². The van der Waals surface area contributed by atoms with Gasteiger partial charge in [0.2, 0.25) is 0 Å². The van der Waals surface area contributed by atoms with Gasteiger partial charge in [0.15, 0.2) is 18.1 Å². The van der Waals surface area contributed by atoms with Gasteiger partial charge in [-0.15, -0.1) is 0 Å². The van der Waals surface area contributed by atoms with E-state index in [1.807, 2.05) is 0 Å². The first kappa shape index (κ1) is 18.2. The number of methoxy groups -OCH3 is 1. The molecule has 1 amide bonds. The summed E-state index contributed by atoms with van der Waals surface area (Å²) in [6, 6.07) is 8.53. The standard InChI is InChI=1S/C17H17FN2O5/c1-11-3-4-12(7-14(11)18)9-19-17(21)10-25-16-8-13(20(22)23)5-6-15(16)24-2/h3-8H,9-10H2,1-2H3,(H,19,21). The van der Waals surface area contributed by atoms with E-state index < -0.39 is 10.8 Å². The Labute approximate surface area is 143 Å². The number of carbonyl (C=O) groups is 1. The third kappa shape index (κ3) is 4.90. The number of non-ortho nitro benzene ring substituents is 1. The molecule has 0 spiro atoms. The van der Waals surface area contributed by atoms with Gasteiger partial charge in [0, 0.05) is 12.6 Å². The minimum Gasteiger partial charge on any atom is -0.493 e.